The van der Waals surface area contributed by atoms with E-state index in [2.05, 4.69) is 12.2 Å². The lowest BCUT2D eigenvalue weighted by molar-refractivity contribution is 0.306. The van der Waals surface area contributed by atoms with Crippen molar-refractivity contribution in [3.8, 4) is 5.75 Å². The van der Waals surface area contributed by atoms with E-state index in [4.69, 9.17) is 9.88 Å². The Morgan fingerprint density at radius 1 is 1.17 bits per heavy atom. The first-order chi connectivity index (χ1) is 11.4. The zero-order valence-corrected chi connectivity index (χ0v) is 14.9. The number of benzene rings is 2. The van der Waals surface area contributed by atoms with Crippen molar-refractivity contribution in [1.82, 2.24) is 0 Å². The number of unbranched alkanes of at least 4 members (excludes halogenated alkanes) is 1. The highest BCUT2D eigenvalue weighted by Gasteiger charge is 2.17. The van der Waals surface area contributed by atoms with Crippen molar-refractivity contribution in [1.29, 1.82) is 0 Å². The van der Waals surface area contributed by atoms with Gasteiger partial charge < -0.3 is 10.1 Å². The number of para-hydroxylation sites is 1. The van der Waals surface area contributed by atoms with Gasteiger partial charge in [0.25, 0.3) is 0 Å². The molecule has 0 aliphatic rings. The molecular formula is C18H24N2O3S. The van der Waals surface area contributed by atoms with Crippen molar-refractivity contribution in [3.63, 3.8) is 0 Å². The SMILES string of the molecule is CCCCOc1cc(CNc2ccccc2)cc(S(N)(=O)=O)c1C. The Hall–Kier alpha value is -2.05. The van der Waals surface area contributed by atoms with Crippen molar-refractivity contribution >= 4 is 15.7 Å². The molecule has 130 valence electrons. The first kappa shape index (κ1) is 18.3. The number of hydrogen-bond donors (Lipinski definition) is 2. The van der Waals surface area contributed by atoms with E-state index in [0.717, 1.165) is 24.1 Å². The molecule has 0 radical (unpaired) electrons. The third kappa shape index (κ3) is 4.97. The van der Waals surface area contributed by atoms with Gasteiger partial charge in [0.05, 0.1) is 11.5 Å². The van der Waals surface area contributed by atoms with Crippen LogP contribution in [-0.2, 0) is 16.6 Å². The Labute approximate surface area is 143 Å². The molecule has 0 spiro atoms. The van der Waals surface area contributed by atoms with Gasteiger partial charge in [-0.2, -0.15) is 0 Å². The van der Waals surface area contributed by atoms with Crippen LogP contribution in [0.2, 0.25) is 0 Å². The van der Waals surface area contributed by atoms with Gasteiger partial charge in [-0.25, -0.2) is 13.6 Å². The second kappa shape index (κ2) is 8.17. The average molecular weight is 348 g/mol. The maximum absolute atomic E-state index is 11.9. The summed E-state index contributed by atoms with van der Waals surface area (Å²) in [5.74, 6) is 0.569. The molecule has 0 amide bonds. The fraction of sp³-hybridized carbons (Fsp3) is 0.333. The number of sulfonamides is 1. The van der Waals surface area contributed by atoms with Gasteiger partial charge in [0.2, 0.25) is 10.0 Å². The van der Waals surface area contributed by atoms with E-state index >= 15 is 0 Å². The zero-order chi connectivity index (χ0) is 17.6. The summed E-state index contributed by atoms with van der Waals surface area (Å²) < 4.78 is 29.5. The van der Waals surface area contributed by atoms with Gasteiger partial charge in [0.1, 0.15) is 5.75 Å². The first-order valence-electron chi connectivity index (χ1n) is 8.00. The largest absolute Gasteiger partial charge is 0.493 e. The van der Waals surface area contributed by atoms with Crippen LogP contribution in [0.4, 0.5) is 5.69 Å². The first-order valence-corrected chi connectivity index (χ1v) is 9.54. The second-order valence-corrected chi connectivity index (χ2v) is 7.21. The van der Waals surface area contributed by atoms with E-state index in [0.29, 0.717) is 24.5 Å². The number of ether oxygens (including phenoxy) is 1. The van der Waals surface area contributed by atoms with Crippen LogP contribution in [0, 0.1) is 6.92 Å². The number of hydrogen-bond acceptors (Lipinski definition) is 4. The van der Waals surface area contributed by atoms with Crippen molar-refractivity contribution in [2.75, 3.05) is 11.9 Å². The van der Waals surface area contributed by atoms with E-state index < -0.39 is 10.0 Å². The summed E-state index contributed by atoms with van der Waals surface area (Å²) in [4.78, 5) is 0.112. The maximum Gasteiger partial charge on any atom is 0.238 e. The molecule has 0 heterocycles. The topological polar surface area (TPSA) is 81.4 Å². The Morgan fingerprint density at radius 2 is 1.88 bits per heavy atom. The molecule has 0 aliphatic carbocycles. The molecule has 0 atom stereocenters. The third-order valence-electron chi connectivity index (χ3n) is 3.70. The third-order valence-corrected chi connectivity index (χ3v) is 4.74. The number of nitrogens with one attached hydrogen (secondary N) is 1. The summed E-state index contributed by atoms with van der Waals surface area (Å²) in [6.07, 6.45) is 1.92. The van der Waals surface area contributed by atoms with E-state index in [9.17, 15) is 8.42 Å². The molecule has 6 heteroatoms. The monoisotopic (exact) mass is 348 g/mol. The van der Waals surface area contributed by atoms with E-state index in [1.54, 1.807) is 13.0 Å². The Morgan fingerprint density at radius 3 is 2.50 bits per heavy atom. The lowest BCUT2D eigenvalue weighted by Gasteiger charge is -2.15. The maximum atomic E-state index is 11.9. The van der Waals surface area contributed by atoms with Crippen LogP contribution in [-0.4, -0.2) is 15.0 Å². The molecule has 5 nitrogen and oxygen atoms in total. The van der Waals surface area contributed by atoms with Gasteiger partial charge in [-0.15, -0.1) is 0 Å². The lowest BCUT2D eigenvalue weighted by Crippen LogP contribution is -2.15. The highest BCUT2D eigenvalue weighted by molar-refractivity contribution is 7.89. The summed E-state index contributed by atoms with van der Waals surface area (Å²) in [6.45, 7) is 4.83. The number of anilines is 1. The highest BCUT2D eigenvalue weighted by atomic mass is 32.2. The molecule has 2 aromatic carbocycles. The Balaban J connectivity index is 2.27. The molecule has 24 heavy (non-hydrogen) atoms. The van der Waals surface area contributed by atoms with Crippen molar-refractivity contribution in [3.05, 3.63) is 53.6 Å². The number of nitrogens with two attached hydrogens (primary N) is 1. The molecule has 0 bridgehead atoms. The summed E-state index contributed by atoms with van der Waals surface area (Å²) in [7, 11) is -3.80. The van der Waals surface area contributed by atoms with Gasteiger partial charge in [-0.3, -0.25) is 0 Å². The zero-order valence-electron chi connectivity index (χ0n) is 14.1. The normalized spacial score (nSPS) is 11.3. The van der Waals surface area contributed by atoms with Gasteiger partial charge in [-0.1, -0.05) is 31.5 Å². The highest BCUT2D eigenvalue weighted by Crippen LogP contribution is 2.27. The molecular weight excluding hydrogens is 324 g/mol. The average Bonchev–Trinajstić information content (AvgIpc) is 2.55. The minimum atomic E-state index is -3.80. The van der Waals surface area contributed by atoms with Crippen LogP contribution in [0.3, 0.4) is 0 Å². The summed E-state index contributed by atoms with van der Waals surface area (Å²) in [5.41, 5.74) is 2.32. The van der Waals surface area contributed by atoms with E-state index in [-0.39, 0.29) is 4.90 Å². The van der Waals surface area contributed by atoms with Gasteiger partial charge in [-0.05, 0) is 43.2 Å². The summed E-state index contributed by atoms with van der Waals surface area (Å²) in [5, 5.41) is 8.62. The molecule has 0 saturated heterocycles. The molecule has 2 aromatic rings. The molecule has 0 fully saturated rings. The molecule has 0 unspecified atom stereocenters. The predicted molar refractivity (Wildman–Crippen MR) is 96.7 cm³/mol. The molecule has 0 aliphatic heterocycles. The Kier molecular flexibility index (Phi) is 6.23. The van der Waals surface area contributed by atoms with Crippen LogP contribution < -0.4 is 15.2 Å². The van der Waals surface area contributed by atoms with Gasteiger partial charge >= 0.3 is 0 Å². The minimum absolute atomic E-state index is 0.112. The smallest absolute Gasteiger partial charge is 0.238 e. The second-order valence-electron chi connectivity index (χ2n) is 5.68. The van der Waals surface area contributed by atoms with Crippen LogP contribution in [0.15, 0.2) is 47.4 Å². The van der Waals surface area contributed by atoms with E-state index in [1.807, 2.05) is 36.4 Å². The Bertz CT molecular complexity index is 774. The van der Waals surface area contributed by atoms with Gasteiger partial charge in [0.15, 0.2) is 0 Å². The molecule has 0 aromatic heterocycles. The fourth-order valence-electron chi connectivity index (χ4n) is 2.35. The summed E-state index contributed by atoms with van der Waals surface area (Å²) >= 11 is 0. The van der Waals surface area contributed by atoms with Crippen molar-refractivity contribution in [2.24, 2.45) is 5.14 Å². The van der Waals surface area contributed by atoms with Crippen molar-refractivity contribution in [2.45, 2.75) is 38.1 Å². The summed E-state index contributed by atoms with van der Waals surface area (Å²) in [6, 6.07) is 13.2. The molecule has 3 N–H and O–H groups in total. The van der Waals surface area contributed by atoms with Crippen LogP contribution in [0.25, 0.3) is 0 Å². The fourth-order valence-corrected chi connectivity index (χ4v) is 3.19. The van der Waals surface area contributed by atoms with E-state index in [1.165, 1.54) is 0 Å². The predicted octanol–water partition coefficient (Wildman–Crippen LogP) is 3.43. The molecule has 2 rings (SSSR count). The number of rotatable bonds is 8. The van der Waals surface area contributed by atoms with Crippen LogP contribution in [0.5, 0.6) is 5.75 Å². The van der Waals surface area contributed by atoms with Crippen LogP contribution in [0.1, 0.15) is 30.9 Å². The number of primary sulfonamides is 1. The van der Waals surface area contributed by atoms with Crippen molar-refractivity contribution < 1.29 is 13.2 Å². The van der Waals surface area contributed by atoms with Gasteiger partial charge in [0, 0.05) is 17.8 Å². The standard InChI is InChI=1S/C18H24N2O3S/c1-3-4-10-23-17-11-15(12-18(14(17)2)24(19,21)22)13-20-16-8-6-5-7-9-16/h5-9,11-12,20H,3-4,10,13H2,1-2H3,(H2,19,21,22). The minimum Gasteiger partial charge on any atom is -0.493 e. The lowest BCUT2D eigenvalue weighted by atomic mass is 10.1. The quantitative estimate of drug-likeness (QED) is 0.716. The molecule has 0 saturated carbocycles. The van der Waals surface area contributed by atoms with Crippen LogP contribution >= 0.6 is 0 Å².